The molecule has 0 saturated heterocycles. The van der Waals surface area contributed by atoms with Crippen molar-refractivity contribution < 1.29 is 21.9 Å². The Hall–Kier alpha value is -5.49. The summed E-state index contributed by atoms with van der Waals surface area (Å²) in [5.41, 5.74) is 2.89. The molecule has 3 aromatic carbocycles. The third-order valence-electron chi connectivity index (χ3n) is 7.67. The molecule has 3 aromatic heterocycles. The van der Waals surface area contributed by atoms with Crippen molar-refractivity contribution in [2.45, 2.75) is 0 Å². The molecule has 2 aliphatic rings. The SMILES string of the molecule is N#Cc1ccc(C2=C3C=c4oc(-c5ccccc5)cc4=[N+]3[B-](F)(F)n3c2cc2oc(-c4ccccc4)cc23)c(F)c1. The number of fused-ring (bicyclic) bond motifs is 5. The van der Waals surface area contributed by atoms with Crippen molar-refractivity contribution in [3.63, 3.8) is 0 Å². The lowest BCUT2D eigenvalue weighted by molar-refractivity contribution is 0.513. The summed E-state index contributed by atoms with van der Waals surface area (Å²) in [4.78, 5) is 0. The maximum absolute atomic E-state index is 16.8. The van der Waals surface area contributed by atoms with E-state index in [1.165, 1.54) is 24.3 Å². The Balaban J connectivity index is 1.45. The van der Waals surface area contributed by atoms with Crippen LogP contribution in [0, 0.1) is 17.1 Å². The average molecular weight is 543 g/mol. The van der Waals surface area contributed by atoms with Gasteiger partial charge in [0.25, 0.3) is 0 Å². The molecule has 2 aliphatic heterocycles. The predicted molar refractivity (Wildman–Crippen MR) is 149 cm³/mol. The highest BCUT2D eigenvalue weighted by molar-refractivity contribution is 6.65. The lowest BCUT2D eigenvalue weighted by Gasteiger charge is -2.31. The summed E-state index contributed by atoms with van der Waals surface area (Å²) in [6.45, 7) is -4.47. The first-order chi connectivity index (χ1) is 19.9. The second-order valence-electron chi connectivity index (χ2n) is 10.0. The number of allylic oxidation sites excluding steroid dienone is 1. The molecule has 0 bridgehead atoms. The van der Waals surface area contributed by atoms with E-state index in [0.29, 0.717) is 11.5 Å². The Kier molecular flexibility index (Phi) is 4.71. The van der Waals surface area contributed by atoms with E-state index in [0.717, 1.165) is 26.2 Å². The van der Waals surface area contributed by atoms with Crippen LogP contribution in [-0.4, -0.2) is 11.4 Å². The Morgan fingerprint density at radius 1 is 0.805 bits per heavy atom. The molecule has 41 heavy (non-hydrogen) atoms. The van der Waals surface area contributed by atoms with Crippen LogP contribution in [-0.2, 0) is 0 Å². The fourth-order valence-electron chi connectivity index (χ4n) is 5.88. The molecule has 6 aromatic rings. The molecule has 9 heteroatoms. The molecule has 196 valence electrons. The van der Waals surface area contributed by atoms with Crippen molar-refractivity contribution in [1.29, 1.82) is 5.26 Å². The first-order valence-electron chi connectivity index (χ1n) is 12.9. The number of nitrogens with zero attached hydrogens (tertiary/aromatic N) is 3. The van der Waals surface area contributed by atoms with E-state index in [4.69, 9.17) is 8.83 Å². The molecule has 0 unspecified atom stereocenters. The van der Waals surface area contributed by atoms with Crippen molar-refractivity contribution in [3.05, 3.63) is 136 Å². The second-order valence-corrected chi connectivity index (χ2v) is 10.0. The quantitative estimate of drug-likeness (QED) is 0.252. The summed E-state index contributed by atoms with van der Waals surface area (Å²) < 4.78 is 63.1. The van der Waals surface area contributed by atoms with Gasteiger partial charge in [-0.3, -0.25) is 0 Å². The van der Waals surface area contributed by atoms with Crippen molar-refractivity contribution >= 4 is 29.7 Å². The van der Waals surface area contributed by atoms with E-state index in [1.54, 1.807) is 12.1 Å². The minimum atomic E-state index is -4.47. The minimum absolute atomic E-state index is 0.0877. The number of hydrogen-bond donors (Lipinski definition) is 0. The molecule has 0 fully saturated rings. The van der Waals surface area contributed by atoms with Crippen LogP contribution in [0.5, 0.6) is 0 Å². The van der Waals surface area contributed by atoms with Gasteiger partial charge in [0.1, 0.15) is 22.9 Å². The van der Waals surface area contributed by atoms with Crippen LogP contribution in [0.3, 0.4) is 0 Å². The maximum Gasteiger partial charge on any atom is 0.738 e. The van der Waals surface area contributed by atoms with E-state index in [-0.39, 0.29) is 50.0 Å². The molecule has 0 aliphatic carbocycles. The number of rotatable bonds is 3. The highest BCUT2D eigenvalue weighted by Crippen LogP contribution is 2.43. The van der Waals surface area contributed by atoms with Crippen LogP contribution >= 0.6 is 0 Å². The highest BCUT2D eigenvalue weighted by Gasteiger charge is 2.54. The van der Waals surface area contributed by atoms with Gasteiger partial charge in [-0.25, -0.2) is 4.39 Å². The molecule has 5 heterocycles. The number of hydrogen-bond acceptors (Lipinski definition) is 3. The van der Waals surface area contributed by atoms with E-state index in [2.05, 4.69) is 0 Å². The van der Waals surface area contributed by atoms with Gasteiger partial charge >= 0.3 is 6.97 Å². The summed E-state index contributed by atoms with van der Waals surface area (Å²) >= 11 is 0. The van der Waals surface area contributed by atoms with Gasteiger partial charge in [0.2, 0.25) is 5.36 Å². The normalized spacial score (nSPS) is 14.9. The average Bonchev–Trinajstić information content (AvgIpc) is 3.74. The molecular formula is C32H17BF3N3O2. The Morgan fingerprint density at radius 3 is 2.15 bits per heavy atom. The maximum atomic E-state index is 16.8. The first-order valence-corrected chi connectivity index (χ1v) is 12.9. The Labute approximate surface area is 230 Å². The summed E-state index contributed by atoms with van der Waals surface area (Å²) in [6.07, 6.45) is 1.53. The third-order valence-corrected chi connectivity index (χ3v) is 7.67. The van der Waals surface area contributed by atoms with Gasteiger partial charge in [-0.05, 0) is 18.2 Å². The molecule has 0 spiro atoms. The predicted octanol–water partition coefficient (Wildman–Crippen LogP) is 6.15. The van der Waals surface area contributed by atoms with Gasteiger partial charge in [-0.15, -0.1) is 0 Å². The standard InChI is InChI=1S/C32H17BF3N3O2/c34-23-13-19(18-37)11-12-22(23)32-26-16-30-24(14-28(40-30)20-7-3-1-4-8-20)38(26)33(35,36)39-25-15-29(21-9-5-2-6-10-21)41-31(25)17-27(32)39/h1-17H. The number of halogens is 3. The molecule has 0 amide bonds. The molecule has 0 saturated carbocycles. The molecular weight excluding hydrogens is 526 g/mol. The smallest absolute Gasteiger partial charge is 0.455 e. The van der Waals surface area contributed by atoms with E-state index in [9.17, 15) is 5.26 Å². The van der Waals surface area contributed by atoms with Crippen molar-refractivity contribution in [2.24, 2.45) is 0 Å². The van der Waals surface area contributed by atoms with Crippen LogP contribution in [0.1, 0.15) is 16.8 Å². The minimum Gasteiger partial charge on any atom is -0.455 e. The number of furan rings is 2. The lowest BCUT2D eigenvalue weighted by Crippen LogP contribution is -2.56. The monoisotopic (exact) mass is 543 g/mol. The van der Waals surface area contributed by atoms with E-state index < -0.39 is 12.8 Å². The number of aromatic nitrogens is 1. The zero-order chi connectivity index (χ0) is 27.9. The first kappa shape index (κ1) is 23.4. The lowest BCUT2D eigenvalue weighted by atomic mass is 9.85. The van der Waals surface area contributed by atoms with Crippen molar-refractivity contribution in [2.75, 3.05) is 0 Å². The molecule has 8 rings (SSSR count). The van der Waals surface area contributed by atoms with Gasteiger partial charge in [-0.2, -0.15) is 5.26 Å². The molecule has 0 radical (unpaired) electrons. The van der Waals surface area contributed by atoms with Crippen LogP contribution in [0.2, 0.25) is 0 Å². The molecule has 0 N–H and O–H groups in total. The van der Waals surface area contributed by atoms with Gasteiger partial charge in [0.05, 0.1) is 34.9 Å². The molecule has 0 atom stereocenters. The van der Waals surface area contributed by atoms with E-state index >= 15 is 13.0 Å². The van der Waals surface area contributed by atoms with Crippen LogP contribution in [0.15, 0.2) is 112 Å². The summed E-state index contributed by atoms with van der Waals surface area (Å²) in [5, 5.41) is 9.46. The Morgan fingerprint density at radius 2 is 1.49 bits per heavy atom. The summed E-state index contributed by atoms with van der Waals surface area (Å²) in [7, 11) is 0. The zero-order valence-electron chi connectivity index (χ0n) is 21.2. The number of nitriles is 1. The van der Waals surface area contributed by atoms with Crippen LogP contribution in [0.25, 0.3) is 45.4 Å². The Bertz CT molecular complexity index is 2260. The van der Waals surface area contributed by atoms with Gasteiger partial charge in [0.15, 0.2) is 11.1 Å². The topological polar surface area (TPSA) is 58.0 Å². The van der Waals surface area contributed by atoms with E-state index in [1.807, 2.05) is 66.7 Å². The van der Waals surface area contributed by atoms with Gasteiger partial charge in [-0.1, -0.05) is 60.7 Å². The van der Waals surface area contributed by atoms with Crippen LogP contribution < -0.4 is 15.3 Å². The van der Waals surface area contributed by atoms with Crippen LogP contribution in [0.4, 0.5) is 13.0 Å². The third kappa shape index (κ3) is 3.28. The van der Waals surface area contributed by atoms with Gasteiger partial charge in [0, 0.05) is 34.5 Å². The second kappa shape index (κ2) is 8.26. The van der Waals surface area contributed by atoms with Crippen molar-refractivity contribution in [3.8, 4) is 28.7 Å². The molecule has 5 nitrogen and oxygen atoms in total. The van der Waals surface area contributed by atoms with Gasteiger partial charge < -0.3 is 26.4 Å². The zero-order valence-corrected chi connectivity index (χ0v) is 21.2. The summed E-state index contributed by atoms with van der Waals surface area (Å²) in [5.74, 6) is 0.198. The number of benzene rings is 3. The summed E-state index contributed by atoms with van der Waals surface area (Å²) in [6, 6.07) is 29.1. The fraction of sp³-hybridized carbons (Fsp3) is 0. The fourth-order valence-corrected chi connectivity index (χ4v) is 5.88. The van der Waals surface area contributed by atoms with Crippen molar-refractivity contribution in [1.82, 2.24) is 8.96 Å². The highest BCUT2D eigenvalue weighted by atomic mass is 19.2. The largest absolute Gasteiger partial charge is 0.738 e.